The minimum Gasteiger partial charge on any atom is -0.490 e. The first-order valence-electron chi connectivity index (χ1n) is 6.92. The number of thiazole rings is 1. The van der Waals surface area contributed by atoms with Crippen molar-refractivity contribution in [2.24, 2.45) is 0 Å². The highest BCUT2D eigenvalue weighted by atomic mass is 32.1. The predicted molar refractivity (Wildman–Crippen MR) is 92.8 cm³/mol. The van der Waals surface area contributed by atoms with Crippen LogP contribution in [-0.4, -0.2) is 17.0 Å². The molecule has 6 nitrogen and oxygen atoms in total. The number of fused-ring (bicyclic) bond motifs is 1. The van der Waals surface area contributed by atoms with Crippen LogP contribution in [0.3, 0.4) is 0 Å². The van der Waals surface area contributed by atoms with Crippen molar-refractivity contribution in [2.45, 2.75) is 0 Å². The smallest absolute Gasteiger partial charge is 0.311 e. The average molecular weight is 337 g/mol. The molecular formula is C17H11N3O3S. The number of aromatic nitrogens is 1. The molecule has 0 aliphatic carbocycles. The summed E-state index contributed by atoms with van der Waals surface area (Å²) < 4.78 is 5.96. The van der Waals surface area contributed by atoms with Crippen molar-refractivity contribution in [3.05, 3.63) is 63.1 Å². The topological polar surface area (TPSA) is 89.0 Å². The zero-order valence-electron chi connectivity index (χ0n) is 12.6. The zero-order chi connectivity index (χ0) is 17.1. The minimum absolute atomic E-state index is 0.146. The summed E-state index contributed by atoms with van der Waals surface area (Å²) in [6, 6.07) is 14.3. The van der Waals surface area contributed by atoms with Crippen molar-refractivity contribution in [3.8, 4) is 11.8 Å². The van der Waals surface area contributed by atoms with Crippen molar-refractivity contribution in [2.75, 3.05) is 7.11 Å². The number of nitriles is 1. The minimum atomic E-state index is -0.514. The molecule has 2 aromatic carbocycles. The van der Waals surface area contributed by atoms with E-state index in [2.05, 4.69) is 11.1 Å². The summed E-state index contributed by atoms with van der Waals surface area (Å²) in [5.41, 5.74) is 1.57. The number of hydrogen-bond donors (Lipinski definition) is 0. The van der Waals surface area contributed by atoms with Crippen LogP contribution in [0.25, 0.3) is 21.9 Å². The SMILES string of the molecule is COc1ccc(/C=C(/C#N)c2nc3ccccc3s2)cc1[N+](=O)[O-]. The molecule has 7 heteroatoms. The van der Waals surface area contributed by atoms with Crippen LogP contribution in [0.5, 0.6) is 5.75 Å². The van der Waals surface area contributed by atoms with Crippen LogP contribution >= 0.6 is 11.3 Å². The lowest BCUT2D eigenvalue weighted by molar-refractivity contribution is -0.385. The van der Waals surface area contributed by atoms with Crippen molar-refractivity contribution in [1.82, 2.24) is 4.98 Å². The standard InChI is InChI=1S/C17H11N3O3S/c1-23-15-7-6-11(9-14(15)20(21)22)8-12(10-18)17-19-13-4-2-3-5-16(13)24-17/h2-9H,1H3/b12-8-. The second-order valence-electron chi connectivity index (χ2n) is 4.84. The summed E-state index contributed by atoms with van der Waals surface area (Å²) in [6.07, 6.45) is 1.59. The van der Waals surface area contributed by atoms with E-state index >= 15 is 0 Å². The molecule has 1 heterocycles. The Bertz CT molecular complexity index is 969. The van der Waals surface area contributed by atoms with E-state index in [1.165, 1.54) is 30.6 Å². The van der Waals surface area contributed by atoms with E-state index in [0.717, 1.165) is 10.2 Å². The van der Waals surface area contributed by atoms with Gasteiger partial charge in [-0.05, 0) is 29.8 Å². The van der Waals surface area contributed by atoms with Gasteiger partial charge in [-0.1, -0.05) is 18.2 Å². The van der Waals surface area contributed by atoms with Crippen LogP contribution in [0.4, 0.5) is 5.69 Å². The van der Waals surface area contributed by atoms with Gasteiger partial charge >= 0.3 is 5.69 Å². The number of nitro benzene ring substituents is 1. The predicted octanol–water partition coefficient (Wildman–Crippen LogP) is 4.28. The number of hydrogen-bond acceptors (Lipinski definition) is 6. The maximum Gasteiger partial charge on any atom is 0.311 e. The Morgan fingerprint density at radius 2 is 2.17 bits per heavy atom. The summed E-state index contributed by atoms with van der Waals surface area (Å²) in [7, 11) is 1.37. The van der Waals surface area contributed by atoms with Crippen molar-refractivity contribution >= 4 is 38.9 Å². The van der Waals surface area contributed by atoms with Gasteiger partial charge in [0.1, 0.15) is 11.1 Å². The number of allylic oxidation sites excluding steroid dienone is 1. The maximum atomic E-state index is 11.1. The van der Waals surface area contributed by atoms with Gasteiger partial charge in [0.15, 0.2) is 5.75 Å². The van der Waals surface area contributed by atoms with E-state index in [0.29, 0.717) is 16.1 Å². The molecule has 0 saturated carbocycles. The summed E-state index contributed by atoms with van der Waals surface area (Å²) in [4.78, 5) is 15.0. The van der Waals surface area contributed by atoms with E-state index in [-0.39, 0.29) is 11.4 Å². The molecule has 118 valence electrons. The Kier molecular flexibility index (Phi) is 4.22. The first kappa shape index (κ1) is 15.6. The van der Waals surface area contributed by atoms with E-state index < -0.39 is 4.92 Å². The van der Waals surface area contributed by atoms with Gasteiger partial charge in [0.2, 0.25) is 0 Å². The Morgan fingerprint density at radius 3 is 2.83 bits per heavy atom. The van der Waals surface area contributed by atoms with Crippen LogP contribution in [0.2, 0.25) is 0 Å². The van der Waals surface area contributed by atoms with Gasteiger partial charge in [-0.25, -0.2) is 4.98 Å². The highest BCUT2D eigenvalue weighted by Crippen LogP contribution is 2.31. The number of nitro groups is 1. The molecule has 3 rings (SSSR count). The number of para-hydroxylation sites is 1. The quantitative estimate of drug-likeness (QED) is 0.403. The van der Waals surface area contributed by atoms with Gasteiger partial charge in [0.25, 0.3) is 0 Å². The van der Waals surface area contributed by atoms with Gasteiger partial charge in [-0.3, -0.25) is 10.1 Å². The number of rotatable bonds is 4. The van der Waals surface area contributed by atoms with E-state index in [9.17, 15) is 15.4 Å². The molecule has 3 aromatic rings. The Labute approximate surface area is 141 Å². The molecule has 0 saturated heterocycles. The molecule has 0 atom stereocenters. The van der Waals surface area contributed by atoms with Crippen LogP contribution < -0.4 is 4.74 Å². The molecule has 0 spiro atoms. The van der Waals surface area contributed by atoms with Gasteiger partial charge in [-0.2, -0.15) is 5.26 Å². The number of nitrogens with zero attached hydrogens (tertiary/aromatic N) is 3. The average Bonchev–Trinajstić information content (AvgIpc) is 3.03. The monoisotopic (exact) mass is 337 g/mol. The molecule has 0 bridgehead atoms. The molecule has 0 fully saturated rings. The van der Waals surface area contributed by atoms with Gasteiger partial charge in [0, 0.05) is 6.07 Å². The highest BCUT2D eigenvalue weighted by molar-refractivity contribution is 7.19. The van der Waals surface area contributed by atoms with Gasteiger partial charge in [-0.15, -0.1) is 11.3 Å². The zero-order valence-corrected chi connectivity index (χ0v) is 13.4. The van der Waals surface area contributed by atoms with E-state index in [1.54, 1.807) is 12.1 Å². The third-order valence-electron chi connectivity index (χ3n) is 3.36. The van der Waals surface area contributed by atoms with E-state index in [1.807, 2.05) is 24.3 Å². The summed E-state index contributed by atoms with van der Waals surface area (Å²) in [5.74, 6) is 0.177. The Morgan fingerprint density at radius 1 is 1.38 bits per heavy atom. The van der Waals surface area contributed by atoms with E-state index in [4.69, 9.17) is 4.74 Å². The van der Waals surface area contributed by atoms with Crippen LogP contribution in [0.1, 0.15) is 10.6 Å². The lowest BCUT2D eigenvalue weighted by atomic mass is 10.1. The fraction of sp³-hybridized carbons (Fsp3) is 0.0588. The molecule has 0 radical (unpaired) electrons. The summed E-state index contributed by atoms with van der Waals surface area (Å²) >= 11 is 1.41. The Hall–Kier alpha value is -3.24. The fourth-order valence-electron chi connectivity index (χ4n) is 2.24. The normalized spacial score (nSPS) is 11.2. The highest BCUT2D eigenvalue weighted by Gasteiger charge is 2.15. The van der Waals surface area contributed by atoms with Crippen LogP contribution in [-0.2, 0) is 0 Å². The molecule has 0 N–H and O–H groups in total. The van der Waals surface area contributed by atoms with Crippen molar-refractivity contribution in [3.63, 3.8) is 0 Å². The second-order valence-corrected chi connectivity index (χ2v) is 5.88. The van der Waals surface area contributed by atoms with Gasteiger partial charge < -0.3 is 4.74 Å². The molecule has 0 unspecified atom stereocenters. The summed E-state index contributed by atoms with van der Waals surface area (Å²) in [6.45, 7) is 0. The second kappa shape index (κ2) is 6.48. The van der Waals surface area contributed by atoms with Gasteiger partial charge in [0.05, 0.1) is 27.8 Å². The lowest BCUT2D eigenvalue weighted by Crippen LogP contribution is -1.94. The third-order valence-corrected chi connectivity index (χ3v) is 4.43. The first-order chi connectivity index (χ1) is 11.6. The largest absolute Gasteiger partial charge is 0.490 e. The van der Waals surface area contributed by atoms with Crippen molar-refractivity contribution < 1.29 is 9.66 Å². The molecule has 0 aliphatic rings. The molecule has 0 aliphatic heterocycles. The third kappa shape index (κ3) is 2.95. The molecule has 1 aromatic heterocycles. The fourth-order valence-corrected chi connectivity index (χ4v) is 3.17. The Balaban J connectivity index is 2.06. The molecule has 24 heavy (non-hydrogen) atoms. The number of benzene rings is 2. The first-order valence-corrected chi connectivity index (χ1v) is 7.74. The summed E-state index contributed by atoms with van der Waals surface area (Å²) in [5, 5.41) is 21.1. The maximum absolute atomic E-state index is 11.1. The molecular weight excluding hydrogens is 326 g/mol. The van der Waals surface area contributed by atoms with Crippen molar-refractivity contribution in [1.29, 1.82) is 5.26 Å². The molecule has 0 amide bonds. The number of methoxy groups -OCH3 is 1. The number of ether oxygens (including phenoxy) is 1. The van der Waals surface area contributed by atoms with Crippen LogP contribution in [0, 0.1) is 21.4 Å². The van der Waals surface area contributed by atoms with Crippen LogP contribution in [0.15, 0.2) is 42.5 Å². The lowest BCUT2D eigenvalue weighted by Gasteiger charge is -2.02.